The van der Waals surface area contributed by atoms with E-state index in [0.717, 1.165) is 0 Å². The van der Waals surface area contributed by atoms with E-state index < -0.39 is 4.92 Å². The molecule has 1 rings (SSSR count). The van der Waals surface area contributed by atoms with Crippen LogP contribution in [-0.2, 0) is 0 Å². The van der Waals surface area contributed by atoms with Crippen LogP contribution in [0.25, 0.3) is 0 Å². The highest BCUT2D eigenvalue weighted by Gasteiger charge is 2.19. The van der Waals surface area contributed by atoms with Crippen molar-refractivity contribution < 1.29 is 14.8 Å². The van der Waals surface area contributed by atoms with Gasteiger partial charge in [-0.3, -0.25) is 14.9 Å². The number of nitrogens with zero attached hydrogens (tertiary/aromatic N) is 2. The Morgan fingerprint density at radius 2 is 2.15 bits per heavy atom. The Morgan fingerprint density at radius 3 is 2.65 bits per heavy atom. The van der Waals surface area contributed by atoms with E-state index in [4.69, 9.17) is 5.11 Å². The molecule has 110 valence electrons. The van der Waals surface area contributed by atoms with Gasteiger partial charge in [0, 0.05) is 38.4 Å². The van der Waals surface area contributed by atoms with Gasteiger partial charge in [0.25, 0.3) is 11.6 Å². The first-order valence-corrected chi connectivity index (χ1v) is 6.24. The van der Waals surface area contributed by atoms with Gasteiger partial charge in [-0.2, -0.15) is 0 Å². The Labute approximate surface area is 117 Å². The fourth-order valence-corrected chi connectivity index (χ4v) is 1.73. The van der Waals surface area contributed by atoms with Gasteiger partial charge in [-0.25, -0.2) is 0 Å². The number of anilines is 1. The van der Waals surface area contributed by atoms with Crippen LogP contribution < -0.4 is 5.32 Å². The standard InChI is InChI=1S/C13H19N3O4/c1-9(6-7-17)14-11-5-4-10(13(18)15(2)3)8-12(11)16(19)20/h4-5,8-9,14,17H,6-7H2,1-3H3. The van der Waals surface area contributed by atoms with Gasteiger partial charge in [0.2, 0.25) is 0 Å². The molecule has 0 radical (unpaired) electrons. The monoisotopic (exact) mass is 281 g/mol. The summed E-state index contributed by atoms with van der Waals surface area (Å²) in [6.45, 7) is 1.82. The van der Waals surface area contributed by atoms with Gasteiger partial charge in [0.05, 0.1) is 4.92 Å². The van der Waals surface area contributed by atoms with E-state index >= 15 is 0 Å². The zero-order chi connectivity index (χ0) is 15.3. The molecule has 1 amide bonds. The normalized spacial score (nSPS) is 11.8. The van der Waals surface area contributed by atoms with Gasteiger partial charge in [-0.15, -0.1) is 0 Å². The summed E-state index contributed by atoms with van der Waals surface area (Å²) >= 11 is 0. The van der Waals surface area contributed by atoms with Crippen molar-refractivity contribution in [2.45, 2.75) is 19.4 Å². The lowest BCUT2D eigenvalue weighted by atomic mass is 10.1. The van der Waals surface area contributed by atoms with Crippen LogP contribution in [0.15, 0.2) is 18.2 Å². The molecule has 1 aromatic rings. The molecule has 1 atom stereocenters. The summed E-state index contributed by atoms with van der Waals surface area (Å²) in [7, 11) is 3.17. The first-order valence-electron chi connectivity index (χ1n) is 6.24. The number of aliphatic hydroxyl groups is 1. The lowest BCUT2D eigenvalue weighted by Gasteiger charge is -2.15. The molecule has 0 heterocycles. The molecule has 20 heavy (non-hydrogen) atoms. The minimum atomic E-state index is -0.527. The van der Waals surface area contributed by atoms with Gasteiger partial charge < -0.3 is 15.3 Å². The van der Waals surface area contributed by atoms with E-state index in [1.807, 2.05) is 6.92 Å². The summed E-state index contributed by atoms with van der Waals surface area (Å²) in [5.41, 5.74) is 0.454. The highest BCUT2D eigenvalue weighted by molar-refractivity contribution is 5.95. The van der Waals surface area contributed by atoms with E-state index in [0.29, 0.717) is 12.1 Å². The van der Waals surface area contributed by atoms with Crippen molar-refractivity contribution in [3.05, 3.63) is 33.9 Å². The number of rotatable bonds is 6. The smallest absolute Gasteiger partial charge is 0.293 e. The van der Waals surface area contributed by atoms with Crippen LogP contribution in [-0.4, -0.2) is 47.6 Å². The van der Waals surface area contributed by atoms with Gasteiger partial charge in [0.15, 0.2) is 0 Å². The zero-order valence-corrected chi connectivity index (χ0v) is 11.8. The van der Waals surface area contributed by atoms with Gasteiger partial charge in [0.1, 0.15) is 5.69 Å². The fraction of sp³-hybridized carbons (Fsp3) is 0.462. The second-order valence-corrected chi connectivity index (χ2v) is 4.75. The molecule has 7 nitrogen and oxygen atoms in total. The number of amides is 1. The van der Waals surface area contributed by atoms with E-state index in [-0.39, 0.29) is 29.8 Å². The molecule has 0 aliphatic carbocycles. The van der Waals surface area contributed by atoms with Crippen molar-refractivity contribution in [1.29, 1.82) is 0 Å². The van der Waals surface area contributed by atoms with Crippen molar-refractivity contribution in [2.75, 3.05) is 26.0 Å². The lowest BCUT2D eigenvalue weighted by Crippen LogP contribution is -2.22. The number of carbonyl (C=O) groups is 1. The summed E-state index contributed by atoms with van der Waals surface area (Å²) in [4.78, 5) is 23.7. The highest BCUT2D eigenvalue weighted by Crippen LogP contribution is 2.27. The topological polar surface area (TPSA) is 95.7 Å². The summed E-state index contributed by atoms with van der Waals surface area (Å²) in [5, 5.41) is 22.9. The number of hydrogen-bond acceptors (Lipinski definition) is 5. The first-order chi connectivity index (χ1) is 9.36. The van der Waals surface area contributed by atoms with E-state index in [9.17, 15) is 14.9 Å². The average molecular weight is 281 g/mol. The first kappa shape index (κ1) is 15.9. The Morgan fingerprint density at radius 1 is 1.50 bits per heavy atom. The third kappa shape index (κ3) is 3.92. The van der Waals surface area contributed by atoms with Crippen LogP contribution in [0.5, 0.6) is 0 Å². The maximum Gasteiger partial charge on any atom is 0.293 e. The van der Waals surface area contributed by atoms with Crippen molar-refractivity contribution in [2.24, 2.45) is 0 Å². The van der Waals surface area contributed by atoms with Crippen molar-refractivity contribution >= 4 is 17.3 Å². The zero-order valence-electron chi connectivity index (χ0n) is 11.8. The summed E-state index contributed by atoms with van der Waals surface area (Å²) in [6.07, 6.45) is 0.482. The van der Waals surface area contributed by atoms with E-state index in [1.165, 1.54) is 17.0 Å². The molecular formula is C13H19N3O4. The second-order valence-electron chi connectivity index (χ2n) is 4.75. The number of carbonyl (C=O) groups excluding carboxylic acids is 1. The van der Waals surface area contributed by atoms with Gasteiger partial charge >= 0.3 is 0 Å². The second kappa shape index (κ2) is 6.85. The largest absolute Gasteiger partial charge is 0.396 e. The SMILES string of the molecule is CC(CCO)Nc1ccc(C(=O)N(C)C)cc1[N+](=O)[O-]. The molecular weight excluding hydrogens is 262 g/mol. The number of nitrogens with one attached hydrogen (secondary N) is 1. The average Bonchev–Trinajstić information content (AvgIpc) is 2.38. The molecule has 0 aromatic heterocycles. The predicted octanol–water partition coefficient (Wildman–Crippen LogP) is 1.48. The van der Waals surface area contributed by atoms with Crippen LogP contribution >= 0.6 is 0 Å². The molecule has 1 aromatic carbocycles. The molecule has 0 bridgehead atoms. The Balaban J connectivity index is 3.08. The molecule has 1 unspecified atom stereocenters. The Hall–Kier alpha value is -2.15. The van der Waals surface area contributed by atoms with Crippen LogP contribution in [0.2, 0.25) is 0 Å². The van der Waals surface area contributed by atoms with Crippen LogP contribution in [0.1, 0.15) is 23.7 Å². The Kier molecular flexibility index (Phi) is 5.45. The number of benzene rings is 1. The highest BCUT2D eigenvalue weighted by atomic mass is 16.6. The molecule has 2 N–H and O–H groups in total. The third-order valence-corrected chi connectivity index (χ3v) is 2.81. The molecule has 0 saturated heterocycles. The number of nitro groups is 1. The Bertz CT molecular complexity index is 502. The van der Waals surface area contributed by atoms with E-state index in [1.54, 1.807) is 20.2 Å². The van der Waals surface area contributed by atoms with Crippen LogP contribution in [0.3, 0.4) is 0 Å². The maximum absolute atomic E-state index is 11.8. The van der Waals surface area contributed by atoms with Crippen molar-refractivity contribution in [1.82, 2.24) is 4.90 Å². The molecule has 7 heteroatoms. The number of aliphatic hydroxyl groups excluding tert-OH is 1. The van der Waals surface area contributed by atoms with E-state index in [2.05, 4.69) is 5.32 Å². The summed E-state index contributed by atoms with van der Waals surface area (Å²) in [5.74, 6) is -0.289. The lowest BCUT2D eigenvalue weighted by molar-refractivity contribution is -0.384. The predicted molar refractivity (Wildman–Crippen MR) is 75.9 cm³/mol. The number of hydrogen-bond donors (Lipinski definition) is 2. The molecule has 0 aliphatic rings. The number of nitro benzene ring substituents is 1. The van der Waals surface area contributed by atoms with Crippen LogP contribution in [0.4, 0.5) is 11.4 Å². The third-order valence-electron chi connectivity index (χ3n) is 2.81. The minimum Gasteiger partial charge on any atom is -0.396 e. The van der Waals surface area contributed by atoms with Crippen molar-refractivity contribution in [3.8, 4) is 0 Å². The summed E-state index contributed by atoms with van der Waals surface area (Å²) in [6, 6.07) is 4.22. The maximum atomic E-state index is 11.8. The van der Waals surface area contributed by atoms with Crippen molar-refractivity contribution in [3.63, 3.8) is 0 Å². The fourth-order valence-electron chi connectivity index (χ4n) is 1.73. The minimum absolute atomic E-state index is 0.000830. The molecule has 0 aliphatic heterocycles. The quantitative estimate of drug-likeness (QED) is 0.608. The molecule has 0 spiro atoms. The summed E-state index contributed by atoms with van der Waals surface area (Å²) < 4.78 is 0. The molecule has 0 saturated carbocycles. The van der Waals surface area contributed by atoms with Crippen LogP contribution in [0, 0.1) is 10.1 Å². The van der Waals surface area contributed by atoms with Gasteiger partial charge in [-0.1, -0.05) is 0 Å². The van der Waals surface area contributed by atoms with Gasteiger partial charge in [-0.05, 0) is 25.5 Å². The molecule has 0 fully saturated rings.